The van der Waals surface area contributed by atoms with Gasteiger partial charge in [-0.1, -0.05) is 11.6 Å². The number of allylic oxidation sites excluding steroid dienone is 1. The van der Waals surface area contributed by atoms with Crippen LogP contribution in [0.3, 0.4) is 0 Å². The molecule has 0 aliphatic rings. The van der Waals surface area contributed by atoms with Gasteiger partial charge in [-0.3, -0.25) is 4.79 Å². The van der Waals surface area contributed by atoms with Crippen LogP contribution in [0.1, 0.15) is 6.92 Å². The lowest BCUT2D eigenvalue weighted by Gasteiger charge is -1.87. The van der Waals surface area contributed by atoms with E-state index < -0.39 is 0 Å². The molecular formula is C5H4ClNOS. The zero-order valence-corrected chi connectivity index (χ0v) is 6.29. The monoisotopic (exact) mass is 161 g/mol. The van der Waals surface area contributed by atoms with Gasteiger partial charge >= 0.3 is 0 Å². The van der Waals surface area contributed by atoms with Crippen molar-refractivity contribution in [1.29, 1.82) is 5.26 Å². The van der Waals surface area contributed by atoms with Crippen molar-refractivity contribution >= 4 is 29.6 Å². The largest absolute Gasteiger partial charge is 0.298 e. The minimum Gasteiger partial charge on any atom is -0.298 e. The maximum Gasteiger partial charge on any atom is 0.147 e. The SMILES string of the molecule is C/C(C=O)=C(/Cl)SC#N. The van der Waals surface area contributed by atoms with E-state index in [0.717, 1.165) is 11.8 Å². The minimum atomic E-state index is 0.243. The Balaban J connectivity index is 4.14. The number of thioether (sulfide) groups is 1. The maximum absolute atomic E-state index is 9.96. The highest BCUT2D eigenvalue weighted by molar-refractivity contribution is 8.08. The van der Waals surface area contributed by atoms with Crippen molar-refractivity contribution in [2.24, 2.45) is 0 Å². The Kier molecular flexibility index (Phi) is 4.20. The molecule has 0 bridgehead atoms. The lowest BCUT2D eigenvalue weighted by Crippen LogP contribution is -1.76. The van der Waals surface area contributed by atoms with Gasteiger partial charge in [-0.25, -0.2) is 0 Å². The summed E-state index contributed by atoms with van der Waals surface area (Å²) >= 11 is 6.20. The highest BCUT2D eigenvalue weighted by atomic mass is 35.5. The van der Waals surface area contributed by atoms with Crippen molar-refractivity contribution in [1.82, 2.24) is 0 Å². The van der Waals surface area contributed by atoms with E-state index in [9.17, 15) is 4.79 Å². The van der Waals surface area contributed by atoms with Crippen LogP contribution in [0.4, 0.5) is 0 Å². The number of hydrogen-bond donors (Lipinski definition) is 0. The first-order valence-corrected chi connectivity index (χ1v) is 3.29. The second-order valence-corrected chi connectivity index (χ2v) is 2.66. The molecule has 0 saturated heterocycles. The number of aldehydes is 1. The Bertz CT molecular complexity index is 182. The van der Waals surface area contributed by atoms with E-state index in [4.69, 9.17) is 16.9 Å². The molecule has 0 heterocycles. The summed E-state index contributed by atoms with van der Waals surface area (Å²) in [5.74, 6) is 0. The number of thiocyanates is 1. The van der Waals surface area contributed by atoms with Crippen LogP contribution in [0.25, 0.3) is 0 Å². The number of carbonyl (C=O) groups is 1. The number of nitrogens with zero attached hydrogens (tertiary/aromatic N) is 1. The fourth-order valence-corrected chi connectivity index (χ4v) is 0.604. The van der Waals surface area contributed by atoms with Crippen molar-refractivity contribution in [2.75, 3.05) is 0 Å². The zero-order valence-electron chi connectivity index (χ0n) is 4.72. The Labute approximate surface area is 62.5 Å². The second kappa shape index (κ2) is 4.42. The fraction of sp³-hybridized carbons (Fsp3) is 0.200. The van der Waals surface area contributed by atoms with E-state index in [1.807, 2.05) is 0 Å². The van der Waals surface area contributed by atoms with Gasteiger partial charge in [0.1, 0.15) is 11.7 Å². The van der Waals surface area contributed by atoms with Crippen LogP contribution in [-0.2, 0) is 4.79 Å². The number of hydrogen-bond acceptors (Lipinski definition) is 3. The molecule has 0 aliphatic carbocycles. The average Bonchev–Trinajstić information content (AvgIpc) is 1.87. The molecule has 0 saturated carbocycles. The molecule has 0 spiro atoms. The molecule has 0 aromatic heterocycles. The van der Waals surface area contributed by atoms with Crippen molar-refractivity contribution in [3.63, 3.8) is 0 Å². The molecule has 0 aromatic carbocycles. The van der Waals surface area contributed by atoms with Crippen molar-refractivity contribution in [3.8, 4) is 5.40 Å². The van der Waals surface area contributed by atoms with Crippen LogP contribution in [0.5, 0.6) is 0 Å². The van der Waals surface area contributed by atoms with E-state index in [2.05, 4.69) is 0 Å². The fourth-order valence-electron chi connectivity index (χ4n) is 0.167. The van der Waals surface area contributed by atoms with E-state index in [1.165, 1.54) is 0 Å². The standard InChI is InChI=1S/C5H4ClNOS/c1-4(2-8)5(6)9-3-7/h2H,1H3/b5-4+. The lowest BCUT2D eigenvalue weighted by atomic mass is 10.4. The second-order valence-electron chi connectivity index (χ2n) is 1.27. The van der Waals surface area contributed by atoms with Crippen LogP contribution in [0.2, 0.25) is 0 Å². The van der Waals surface area contributed by atoms with Gasteiger partial charge in [0, 0.05) is 17.3 Å². The third-order valence-corrected chi connectivity index (χ3v) is 1.74. The summed E-state index contributed by atoms with van der Waals surface area (Å²) in [5, 5.41) is 9.81. The summed E-state index contributed by atoms with van der Waals surface area (Å²) in [7, 11) is 0. The van der Waals surface area contributed by atoms with Crippen LogP contribution >= 0.6 is 23.4 Å². The number of carbonyl (C=O) groups excluding carboxylic acids is 1. The third kappa shape index (κ3) is 3.17. The predicted molar refractivity (Wildman–Crippen MR) is 37.8 cm³/mol. The Morgan fingerprint density at radius 2 is 2.44 bits per heavy atom. The zero-order chi connectivity index (χ0) is 7.28. The van der Waals surface area contributed by atoms with Gasteiger partial charge in [0.15, 0.2) is 0 Å². The Morgan fingerprint density at radius 1 is 1.89 bits per heavy atom. The smallest absolute Gasteiger partial charge is 0.147 e. The summed E-state index contributed by atoms with van der Waals surface area (Å²) in [6.07, 6.45) is 0.618. The summed E-state index contributed by atoms with van der Waals surface area (Å²) in [5.41, 5.74) is 0.392. The molecule has 0 N–H and O–H groups in total. The molecule has 0 fully saturated rings. The highest BCUT2D eigenvalue weighted by Crippen LogP contribution is 2.21. The molecule has 4 heteroatoms. The normalized spacial score (nSPS) is 11.7. The van der Waals surface area contributed by atoms with E-state index >= 15 is 0 Å². The maximum atomic E-state index is 9.96. The summed E-state index contributed by atoms with van der Waals surface area (Å²) in [6.45, 7) is 1.56. The molecule has 48 valence electrons. The van der Waals surface area contributed by atoms with Crippen LogP contribution in [-0.4, -0.2) is 6.29 Å². The molecule has 0 rings (SSSR count). The summed E-state index contributed by atoms with van der Waals surface area (Å²) in [4.78, 5) is 9.96. The van der Waals surface area contributed by atoms with E-state index in [0.29, 0.717) is 11.9 Å². The summed E-state index contributed by atoms with van der Waals surface area (Å²) < 4.78 is 0.243. The molecule has 0 amide bonds. The average molecular weight is 162 g/mol. The molecule has 0 aromatic rings. The van der Waals surface area contributed by atoms with Gasteiger partial charge in [0.05, 0.1) is 4.36 Å². The highest BCUT2D eigenvalue weighted by Gasteiger charge is 1.96. The van der Waals surface area contributed by atoms with Crippen LogP contribution < -0.4 is 0 Å². The van der Waals surface area contributed by atoms with Crippen molar-refractivity contribution in [3.05, 3.63) is 9.94 Å². The van der Waals surface area contributed by atoms with Crippen LogP contribution in [0.15, 0.2) is 9.94 Å². The van der Waals surface area contributed by atoms with Gasteiger partial charge in [0.25, 0.3) is 0 Å². The third-order valence-electron chi connectivity index (χ3n) is 0.622. The van der Waals surface area contributed by atoms with Crippen molar-refractivity contribution in [2.45, 2.75) is 6.92 Å². The van der Waals surface area contributed by atoms with Gasteiger partial charge in [0.2, 0.25) is 0 Å². The quantitative estimate of drug-likeness (QED) is 0.353. The minimum absolute atomic E-state index is 0.243. The molecule has 0 atom stereocenters. The number of halogens is 1. The summed E-state index contributed by atoms with van der Waals surface area (Å²) in [6, 6.07) is 0. The lowest BCUT2D eigenvalue weighted by molar-refractivity contribution is -0.104. The van der Waals surface area contributed by atoms with Crippen molar-refractivity contribution < 1.29 is 4.79 Å². The molecular weight excluding hydrogens is 158 g/mol. The number of rotatable bonds is 2. The molecule has 0 radical (unpaired) electrons. The van der Waals surface area contributed by atoms with Gasteiger partial charge < -0.3 is 0 Å². The van der Waals surface area contributed by atoms with Gasteiger partial charge in [-0.2, -0.15) is 5.26 Å². The molecule has 0 aliphatic heterocycles. The first-order chi connectivity index (χ1) is 4.22. The topological polar surface area (TPSA) is 40.9 Å². The Morgan fingerprint density at radius 3 is 2.78 bits per heavy atom. The Hall–Kier alpha value is -0.460. The first-order valence-electron chi connectivity index (χ1n) is 2.10. The van der Waals surface area contributed by atoms with Gasteiger partial charge in [-0.05, 0) is 6.92 Å². The predicted octanol–water partition coefficient (Wildman–Crippen LogP) is 1.87. The molecule has 0 unspecified atom stereocenters. The first kappa shape index (κ1) is 8.54. The van der Waals surface area contributed by atoms with Crippen LogP contribution in [0, 0.1) is 10.7 Å². The van der Waals surface area contributed by atoms with Gasteiger partial charge in [-0.15, -0.1) is 0 Å². The van der Waals surface area contributed by atoms with E-state index in [1.54, 1.807) is 12.3 Å². The molecule has 2 nitrogen and oxygen atoms in total. The molecule has 9 heavy (non-hydrogen) atoms. The number of nitriles is 1. The van der Waals surface area contributed by atoms with E-state index in [-0.39, 0.29) is 4.36 Å².